The molecule has 3 saturated carbocycles. The van der Waals surface area contributed by atoms with Crippen LogP contribution in [0.15, 0.2) is 23.5 Å². The van der Waals surface area contributed by atoms with Gasteiger partial charge in [0.1, 0.15) is 0 Å². The van der Waals surface area contributed by atoms with Gasteiger partial charge in [0.05, 0.1) is 11.9 Å². The number of rotatable bonds is 12. The number of allylic oxidation sites excluding steroid dienone is 2. The smallest absolute Gasteiger partial charge is 0.242 e. The van der Waals surface area contributed by atoms with Gasteiger partial charge in [0.2, 0.25) is 8.32 Å². The standard InChI is InChI=1S/C36H68O3Si3/c1-26(25-37-40(5,6)7)15-14-16-27(2)30-17-18-31-34-32(20-22-36(30,31)4)35(3)21-19-29(38-41(8,9)10)23-28(35)24-33(34)39-42(11,12)13/h19,23,26-27,30-34H,14-18,20-22,24-25H2,1-13H3/t26?,27?,30-,31?,32?,33-,34?,35+,36-/m1/s1. The van der Waals surface area contributed by atoms with Gasteiger partial charge in [-0.05, 0) is 162 Å². The molecular weight excluding hydrogens is 565 g/mol. The Hall–Kier alpha value is -0.149. The molecule has 242 valence electrons. The first-order valence-electron chi connectivity index (χ1n) is 17.6. The topological polar surface area (TPSA) is 27.7 Å². The second-order valence-corrected chi connectivity index (χ2v) is 31.9. The minimum atomic E-state index is -1.69. The summed E-state index contributed by atoms with van der Waals surface area (Å²) in [5.41, 5.74) is 2.35. The Morgan fingerprint density at radius 3 is 2.17 bits per heavy atom. The molecule has 4 aliphatic carbocycles. The number of hydrogen-bond acceptors (Lipinski definition) is 3. The zero-order valence-electron chi connectivity index (χ0n) is 30.0. The molecule has 0 bridgehead atoms. The average molecular weight is 633 g/mol. The van der Waals surface area contributed by atoms with Crippen LogP contribution in [-0.2, 0) is 13.3 Å². The van der Waals surface area contributed by atoms with Gasteiger partial charge >= 0.3 is 0 Å². The lowest BCUT2D eigenvalue weighted by Crippen LogP contribution is -2.57. The highest BCUT2D eigenvalue weighted by Crippen LogP contribution is 2.68. The normalized spacial score (nSPS) is 36.7. The van der Waals surface area contributed by atoms with Gasteiger partial charge in [0.25, 0.3) is 0 Å². The first-order valence-corrected chi connectivity index (χ1v) is 27.9. The van der Waals surface area contributed by atoms with Crippen LogP contribution in [0.1, 0.15) is 85.5 Å². The Bertz CT molecular complexity index is 1000. The molecule has 6 heteroatoms. The van der Waals surface area contributed by atoms with Gasteiger partial charge in [-0.1, -0.05) is 46.1 Å². The molecule has 0 heterocycles. The van der Waals surface area contributed by atoms with Crippen molar-refractivity contribution in [3.63, 3.8) is 0 Å². The van der Waals surface area contributed by atoms with E-state index in [1.54, 1.807) is 5.57 Å². The summed E-state index contributed by atoms with van der Waals surface area (Å²) in [7, 11) is -4.73. The van der Waals surface area contributed by atoms with Crippen LogP contribution in [0.5, 0.6) is 0 Å². The van der Waals surface area contributed by atoms with Gasteiger partial charge in [0, 0.05) is 6.61 Å². The van der Waals surface area contributed by atoms with Crippen molar-refractivity contribution in [2.75, 3.05) is 6.61 Å². The number of hydrogen-bond donors (Lipinski definition) is 0. The molecule has 0 amide bonds. The van der Waals surface area contributed by atoms with Crippen LogP contribution in [0, 0.1) is 46.3 Å². The minimum absolute atomic E-state index is 0.259. The van der Waals surface area contributed by atoms with Crippen molar-refractivity contribution in [2.45, 2.75) is 151 Å². The summed E-state index contributed by atoms with van der Waals surface area (Å²) in [6.45, 7) is 32.3. The van der Waals surface area contributed by atoms with E-state index >= 15 is 0 Å². The molecule has 0 aliphatic heterocycles. The van der Waals surface area contributed by atoms with Crippen LogP contribution in [0.4, 0.5) is 0 Å². The van der Waals surface area contributed by atoms with E-state index in [0.717, 1.165) is 48.9 Å². The van der Waals surface area contributed by atoms with Crippen LogP contribution in [0.25, 0.3) is 0 Å². The van der Waals surface area contributed by atoms with E-state index in [-0.39, 0.29) is 5.41 Å². The fourth-order valence-corrected chi connectivity index (χ4v) is 12.6. The third-order valence-corrected chi connectivity index (χ3v) is 14.5. The molecule has 0 aromatic carbocycles. The van der Waals surface area contributed by atoms with E-state index < -0.39 is 25.0 Å². The maximum Gasteiger partial charge on any atom is 0.242 e. The Morgan fingerprint density at radius 2 is 1.55 bits per heavy atom. The highest BCUT2D eigenvalue weighted by Gasteiger charge is 2.62. The zero-order valence-corrected chi connectivity index (χ0v) is 33.0. The molecule has 0 spiro atoms. The summed E-state index contributed by atoms with van der Waals surface area (Å²) in [6, 6.07) is 0. The van der Waals surface area contributed by atoms with E-state index in [0.29, 0.717) is 23.4 Å². The van der Waals surface area contributed by atoms with Gasteiger partial charge in [-0.2, -0.15) is 0 Å². The second kappa shape index (κ2) is 12.6. The first kappa shape index (κ1) is 34.7. The predicted molar refractivity (Wildman–Crippen MR) is 188 cm³/mol. The largest absolute Gasteiger partial charge is 0.545 e. The lowest BCUT2D eigenvalue weighted by molar-refractivity contribution is -0.104. The maximum absolute atomic E-state index is 7.20. The molecule has 4 rings (SSSR count). The van der Waals surface area contributed by atoms with Crippen molar-refractivity contribution in [2.24, 2.45) is 46.3 Å². The molecule has 0 saturated heterocycles. The van der Waals surface area contributed by atoms with Crippen molar-refractivity contribution in [3.05, 3.63) is 23.5 Å². The second-order valence-electron chi connectivity index (χ2n) is 18.5. The molecular formula is C36H68O3Si3. The molecule has 5 unspecified atom stereocenters. The van der Waals surface area contributed by atoms with Gasteiger partial charge in [-0.3, -0.25) is 0 Å². The third-order valence-electron chi connectivity index (χ3n) is 11.6. The zero-order chi connectivity index (χ0) is 31.3. The predicted octanol–water partition coefficient (Wildman–Crippen LogP) is 11.0. The molecule has 0 N–H and O–H groups in total. The Balaban J connectivity index is 1.50. The summed E-state index contributed by atoms with van der Waals surface area (Å²) in [4.78, 5) is 0. The van der Waals surface area contributed by atoms with Crippen molar-refractivity contribution in [3.8, 4) is 0 Å². The summed E-state index contributed by atoms with van der Waals surface area (Å²) in [5.74, 6) is 5.71. The summed E-state index contributed by atoms with van der Waals surface area (Å²) >= 11 is 0. The first-order chi connectivity index (χ1) is 19.2. The summed E-state index contributed by atoms with van der Waals surface area (Å²) in [6.07, 6.45) is 17.2. The van der Waals surface area contributed by atoms with Crippen molar-refractivity contribution >= 4 is 25.0 Å². The van der Waals surface area contributed by atoms with Crippen LogP contribution in [-0.4, -0.2) is 37.7 Å². The average Bonchev–Trinajstić information content (AvgIpc) is 3.18. The van der Waals surface area contributed by atoms with Gasteiger partial charge in [-0.15, -0.1) is 0 Å². The van der Waals surface area contributed by atoms with E-state index in [1.165, 1.54) is 44.9 Å². The van der Waals surface area contributed by atoms with Crippen LogP contribution < -0.4 is 0 Å². The van der Waals surface area contributed by atoms with Gasteiger partial charge in [0.15, 0.2) is 16.6 Å². The van der Waals surface area contributed by atoms with Crippen molar-refractivity contribution in [1.29, 1.82) is 0 Å². The lowest BCUT2D eigenvalue weighted by atomic mass is 9.46. The Morgan fingerprint density at radius 1 is 0.857 bits per heavy atom. The Labute approximate surface area is 264 Å². The monoisotopic (exact) mass is 632 g/mol. The molecule has 3 fully saturated rings. The molecule has 42 heavy (non-hydrogen) atoms. The molecule has 0 radical (unpaired) electrons. The highest BCUT2D eigenvalue weighted by atomic mass is 28.4. The van der Waals surface area contributed by atoms with E-state index in [9.17, 15) is 0 Å². The van der Waals surface area contributed by atoms with Crippen molar-refractivity contribution in [1.82, 2.24) is 0 Å². The summed E-state index contributed by atoms with van der Waals surface area (Å²) in [5, 5.41) is 0. The minimum Gasteiger partial charge on any atom is -0.545 e. The SMILES string of the molecule is CC(CCCC(C)[C@H]1CCC2C3C(CC[C@@]21C)[C@@]1(C)CC=C(O[Si](C)(C)C)C=C1C[C@H]3O[Si](C)(C)C)CO[Si](C)(C)C. The molecule has 3 nitrogen and oxygen atoms in total. The Kier molecular flexibility index (Phi) is 10.4. The fraction of sp³-hybridized carbons (Fsp3) is 0.889. The number of fused-ring (bicyclic) bond motifs is 5. The lowest BCUT2D eigenvalue weighted by Gasteiger charge is -2.61. The quantitative estimate of drug-likeness (QED) is 0.200. The van der Waals surface area contributed by atoms with Crippen LogP contribution >= 0.6 is 0 Å². The van der Waals surface area contributed by atoms with E-state index in [1.807, 2.05) is 0 Å². The summed E-state index contributed by atoms with van der Waals surface area (Å²) < 4.78 is 20.0. The van der Waals surface area contributed by atoms with E-state index in [4.69, 9.17) is 13.3 Å². The van der Waals surface area contributed by atoms with Gasteiger partial charge in [-0.25, -0.2) is 0 Å². The molecule has 0 aromatic rings. The highest BCUT2D eigenvalue weighted by molar-refractivity contribution is 6.70. The van der Waals surface area contributed by atoms with Gasteiger partial charge < -0.3 is 13.3 Å². The molecule has 0 aromatic heterocycles. The molecule has 9 atom stereocenters. The maximum atomic E-state index is 7.20. The van der Waals surface area contributed by atoms with Crippen LogP contribution in [0.3, 0.4) is 0 Å². The van der Waals surface area contributed by atoms with Crippen LogP contribution in [0.2, 0.25) is 58.9 Å². The van der Waals surface area contributed by atoms with E-state index in [2.05, 4.69) is 98.8 Å². The molecule has 4 aliphatic rings. The van der Waals surface area contributed by atoms with Crippen molar-refractivity contribution < 1.29 is 13.3 Å². The fourth-order valence-electron chi connectivity index (χ4n) is 9.77. The third kappa shape index (κ3) is 7.97.